The third kappa shape index (κ3) is 9.40. The molecule has 0 bridgehead atoms. The summed E-state index contributed by atoms with van der Waals surface area (Å²) in [6.45, 7) is 11.7. The molecule has 37 heavy (non-hydrogen) atoms. The number of hydrogen-bond donors (Lipinski definition) is 3. The molecule has 0 heterocycles. The van der Waals surface area contributed by atoms with Crippen LogP contribution in [0.5, 0.6) is 0 Å². The number of methoxy groups -OCH3 is 1. The van der Waals surface area contributed by atoms with Crippen LogP contribution in [0, 0.1) is 6.92 Å². The van der Waals surface area contributed by atoms with E-state index in [1.807, 2.05) is 6.92 Å². The number of aryl methyl sites for hydroxylation is 1. The highest BCUT2D eigenvalue weighted by molar-refractivity contribution is 5.95. The van der Waals surface area contributed by atoms with Crippen molar-refractivity contribution in [2.24, 2.45) is 5.73 Å². The van der Waals surface area contributed by atoms with Crippen molar-refractivity contribution in [2.75, 3.05) is 13.7 Å². The Labute approximate surface area is 218 Å². The lowest BCUT2D eigenvalue weighted by molar-refractivity contribution is -0.150. The van der Waals surface area contributed by atoms with E-state index in [4.69, 9.17) is 10.5 Å². The Kier molecular flexibility index (Phi) is 11.1. The van der Waals surface area contributed by atoms with Gasteiger partial charge in [-0.25, -0.2) is 4.79 Å². The molecular formula is C26H40N4O7. The number of nitrogens with two attached hydrogens (primary N) is 1. The van der Waals surface area contributed by atoms with Gasteiger partial charge >= 0.3 is 12.1 Å². The fourth-order valence-corrected chi connectivity index (χ4v) is 3.58. The Bertz CT molecular complexity index is 1000. The van der Waals surface area contributed by atoms with Gasteiger partial charge in [0.25, 0.3) is 0 Å². The van der Waals surface area contributed by atoms with Crippen LogP contribution in [0.1, 0.15) is 71.6 Å². The van der Waals surface area contributed by atoms with Crippen molar-refractivity contribution in [3.05, 3.63) is 35.4 Å². The molecule has 2 unspecified atom stereocenters. The lowest BCUT2D eigenvalue weighted by Crippen LogP contribution is -2.60. The van der Waals surface area contributed by atoms with Crippen LogP contribution < -0.4 is 16.4 Å². The van der Waals surface area contributed by atoms with Crippen LogP contribution in [0.2, 0.25) is 0 Å². The highest BCUT2D eigenvalue weighted by atomic mass is 16.6. The molecule has 0 aliphatic rings. The zero-order valence-corrected chi connectivity index (χ0v) is 23.0. The molecule has 0 fully saturated rings. The average Bonchev–Trinajstić information content (AvgIpc) is 2.78. The Morgan fingerprint density at radius 1 is 1.05 bits per heavy atom. The number of ether oxygens (including phenoxy) is 2. The number of amides is 4. The highest BCUT2D eigenvalue weighted by Gasteiger charge is 2.44. The van der Waals surface area contributed by atoms with E-state index in [1.54, 1.807) is 65.8 Å². The number of primary amides is 1. The predicted octanol–water partition coefficient (Wildman–Crippen LogP) is 2.11. The molecule has 0 aliphatic carbocycles. The summed E-state index contributed by atoms with van der Waals surface area (Å²) in [4.78, 5) is 65.1. The second-order valence-electron chi connectivity index (χ2n) is 10.3. The van der Waals surface area contributed by atoms with Crippen molar-refractivity contribution in [3.63, 3.8) is 0 Å². The van der Waals surface area contributed by atoms with Gasteiger partial charge in [-0.05, 0) is 59.1 Å². The molecular weight excluding hydrogens is 480 g/mol. The van der Waals surface area contributed by atoms with Crippen LogP contribution in [0.3, 0.4) is 0 Å². The van der Waals surface area contributed by atoms with Crippen LogP contribution >= 0.6 is 0 Å². The Morgan fingerprint density at radius 3 is 2.14 bits per heavy atom. The van der Waals surface area contributed by atoms with Gasteiger partial charge in [0, 0.05) is 5.54 Å². The van der Waals surface area contributed by atoms with E-state index >= 15 is 0 Å². The summed E-state index contributed by atoms with van der Waals surface area (Å²) >= 11 is 0. The van der Waals surface area contributed by atoms with Crippen LogP contribution in [0.4, 0.5) is 4.79 Å². The van der Waals surface area contributed by atoms with E-state index in [-0.39, 0.29) is 0 Å². The van der Waals surface area contributed by atoms with Gasteiger partial charge in [-0.3, -0.25) is 19.2 Å². The Morgan fingerprint density at radius 2 is 1.65 bits per heavy atom. The first-order chi connectivity index (χ1) is 17.0. The molecule has 0 saturated heterocycles. The lowest BCUT2D eigenvalue weighted by atomic mass is 9.90. The zero-order valence-electron chi connectivity index (χ0n) is 23.0. The van der Waals surface area contributed by atoms with E-state index in [0.29, 0.717) is 12.0 Å². The lowest BCUT2D eigenvalue weighted by Gasteiger charge is -2.44. The Hall–Kier alpha value is -3.63. The first-order valence-corrected chi connectivity index (χ1v) is 12.0. The number of alkyl carbamates (subject to hydrolysis) is 1. The number of carbonyl (C=O) groups excluding carboxylic acids is 5. The fraction of sp³-hybridized carbons (Fsp3) is 0.577. The number of nitrogens with zero attached hydrogens (tertiary/aromatic N) is 1. The van der Waals surface area contributed by atoms with Gasteiger partial charge in [0.05, 0.1) is 13.5 Å². The molecule has 11 heteroatoms. The maximum absolute atomic E-state index is 14.1. The third-order valence-electron chi connectivity index (χ3n) is 5.77. The standard InChI is InChI=1S/C26H40N4O7/c1-9-26(6,7)30(23(34)18(14-19(27)31)29-24(35)37-25(3,4)5)21(17-13-11-10-12-16(17)2)22(33)28-15-20(32)36-8/h10-13,18,21H,9,14-15H2,1-8H3,(H2,27,31)(H,28,33)(H,29,35). The van der Waals surface area contributed by atoms with E-state index in [0.717, 1.165) is 5.56 Å². The first-order valence-electron chi connectivity index (χ1n) is 12.0. The minimum absolute atomic E-state index is 0.410. The largest absolute Gasteiger partial charge is 0.468 e. The van der Waals surface area contributed by atoms with E-state index in [1.165, 1.54) is 12.0 Å². The minimum atomic E-state index is -1.40. The van der Waals surface area contributed by atoms with Gasteiger partial charge < -0.3 is 30.7 Å². The second-order valence-corrected chi connectivity index (χ2v) is 10.3. The van der Waals surface area contributed by atoms with Gasteiger partial charge in [-0.15, -0.1) is 0 Å². The highest BCUT2D eigenvalue weighted by Crippen LogP contribution is 2.33. The molecule has 206 valence electrons. The van der Waals surface area contributed by atoms with Crippen molar-refractivity contribution in [1.82, 2.24) is 15.5 Å². The molecule has 1 aromatic rings. The van der Waals surface area contributed by atoms with Gasteiger partial charge in [-0.1, -0.05) is 31.2 Å². The predicted molar refractivity (Wildman–Crippen MR) is 137 cm³/mol. The van der Waals surface area contributed by atoms with Crippen molar-refractivity contribution >= 4 is 29.8 Å². The van der Waals surface area contributed by atoms with Gasteiger partial charge in [-0.2, -0.15) is 0 Å². The molecule has 0 aliphatic heterocycles. The number of esters is 1. The molecule has 0 saturated carbocycles. The summed E-state index contributed by atoms with van der Waals surface area (Å²) in [7, 11) is 1.19. The van der Waals surface area contributed by atoms with E-state index in [9.17, 15) is 24.0 Å². The molecule has 11 nitrogen and oxygen atoms in total. The first kappa shape index (κ1) is 31.4. The van der Waals surface area contributed by atoms with Crippen LogP contribution in [-0.4, -0.2) is 65.5 Å². The number of hydrogen-bond acceptors (Lipinski definition) is 7. The molecule has 1 aromatic carbocycles. The molecule has 2 atom stereocenters. The second kappa shape index (κ2) is 13.1. The average molecular weight is 521 g/mol. The summed E-state index contributed by atoms with van der Waals surface area (Å²) in [6.07, 6.45) is -1.01. The van der Waals surface area contributed by atoms with Crippen LogP contribution in [-0.2, 0) is 28.7 Å². The SMILES string of the molecule is CCC(C)(C)N(C(=O)C(CC(N)=O)NC(=O)OC(C)(C)C)C(C(=O)NCC(=O)OC)c1ccccc1C. The number of carbonyl (C=O) groups is 5. The van der Waals surface area contributed by atoms with Crippen molar-refractivity contribution in [1.29, 1.82) is 0 Å². The smallest absolute Gasteiger partial charge is 0.408 e. The summed E-state index contributed by atoms with van der Waals surface area (Å²) < 4.78 is 9.90. The number of benzene rings is 1. The molecule has 4 N–H and O–H groups in total. The summed E-state index contributed by atoms with van der Waals surface area (Å²) in [6, 6.07) is 4.40. The maximum atomic E-state index is 14.1. The summed E-state index contributed by atoms with van der Waals surface area (Å²) in [5, 5.41) is 4.97. The topological polar surface area (TPSA) is 157 Å². The summed E-state index contributed by atoms with van der Waals surface area (Å²) in [5.41, 5.74) is 4.85. The maximum Gasteiger partial charge on any atom is 0.408 e. The number of rotatable bonds is 11. The molecule has 0 radical (unpaired) electrons. The Balaban J connectivity index is 3.66. The molecule has 4 amide bonds. The van der Waals surface area contributed by atoms with Crippen molar-refractivity contribution in [2.45, 2.75) is 84.5 Å². The monoisotopic (exact) mass is 520 g/mol. The van der Waals surface area contributed by atoms with E-state index < -0.39 is 66.0 Å². The van der Waals surface area contributed by atoms with E-state index in [2.05, 4.69) is 15.4 Å². The number of nitrogens with one attached hydrogen (secondary N) is 2. The van der Waals surface area contributed by atoms with Gasteiger partial charge in [0.15, 0.2) is 0 Å². The molecule has 0 spiro atoms. The molecule has 1 rings (SSSR count). The van der Waals surface area contributed by atoms with Crippen molar-refractivity contribution in [3.8, 4) is 0 Å². The molecule has 0 aromatic heterocycles. The third-order valence-corrected chi connectivity index (χ3v) is 5.77. The summed E-state index contributed by atoms with van der Waals surface area (Å²) in [5.74, 6) is -2.84. The van der Waals surface area contributed by atoms with Crippen molar-refractivity contribution < 1.29 is 33.4 Å². The van der Waals surface area contributed by atoms with Crippen LogP contribution in [0.25, 0.3) is 0 Å². The zero-order chi connectivity index (χ0) is 28.6. The quantitative estimate of drug-likeness (QED) is 0.377. The van der Waals surface area contributed by atoms with Gasteiger partial charge in [0.1, 0.15) is 24.2 Å². The normalized spacial score (nSPS) is 13.1. The van der Waals surface area contributed by atoms with Gasteiger partial charge in [0.2, 0.25) is 17.7 Å². The van der Waals surface area contributed by atoms with Crippen LogP contribution in [0.15, 0.2) is 24.3 Å². The fourth-order valence-electron chi connectivity index (χ4n) is 3.58. The minimum Gasteiger partial charge on any atom is -0.468 e.